The first kappa shape index (κ1) is 107. The van der Waals surface area contributed by atoms with Gasteiger partial charge in [-0.15, -0.1) is 0 Å². The maximum Gasteiger partial charge on any atom is 0.321 e. The van der Waals surface area contributed by atoms with Crippen molar-refractivity contribution in [1.82, 2.24) is 121 Å². The zero-order chi connectivity index (χ0) is 104. The molecule has 2 aliphatic heterocycles. The number of nitrogens with one attached hydrogen (secondary N) is 9. The van der Waals surface area contributed by atoms with E-state index in [0.717, 1.165) is 148 Å². The van der Waals surface area contributed by atoms with Gasteiger partial charge in [0.05, 0.1) is 78.7 Å². The first-order valence-corrected chi connectivity index (χ1v) is 51.0. The largest absolute Gasteiger partial charge is 0.491 e. The highest BCUT2D eigenvalue weighted by Crippen LogP contribution is 2.44. The number of likely N-dealkylation sites (N-methyl/N-ethyl adjacent to an activating group) is 1. The SMILES string of the molecule is CCNC(=O)Nc1nc2cc(-c3cnc(C(C)(C)O)nc3)cc(-c3cc(OCCOC)ccn3)c2s1.CCNC(=O)Nc1nc2cc(-c3cnc(C(C)(C)O)nc3)cc(-c3nccc(N4CCN(CC)CC4)n3)c2s1.CCNC(=O)Nc1nc2cc(-c3cnc(C(C)(C)O)nc3)cc(-c3nccc(NCCOC)n3)c2s1.CCNC(=O)Nc1nc2cc(-c3cnc(C(O)CN4CCOCC4)nc3)cc(-c3ccccn3)c2s1. The number of urea groups is 4. The standard InChI is InChI=1S/C27H33N9O2S.C25H27N7O3S.C25H28N6O4S.C24H28N8O3S/c1-5-28-25(37)34-26-32-20-14-17(18-15-30-24(31-16-18)27(3,4)38)13-19(22(20)39-26)23-29-8-7-21(33-23)36-11-9-35(6-2)10-12-36;1-2-26-24(34)31-25-30-20-12-16(11-18(22(20)36-25)19-5-3-4-6-27-19)17-13-28-23(29-14-17)21(33)15-32-7-9-35-10-8-32;1-5-26-23(32)31-24-30-20-11-15(16-13-28-22(29-14-16)25(2,3)33)10-18(21(20)36-24)19-12-17(6-7-27-19)35-9-8-34-4;1-5-25-22(33)32-23-30-17-11-14(15-12-28-21(29-13-15)24(2,3)34)10-16(19(17)36-23)20-27-7-6-18(31-20)26-8-9-35-4/h7-8,13-16,38H,5-6,9-12H2,1-4H3,(H2,28,32,34,37);3-6,11-14,21,33H,2,7-10,15H2,1H3,(H2,26,30,31,34);6-7,10-14,33H,5,8-9H2,1-4H3,(H2,26,30,31,32);6-7,10-13,34H,5,8-9H2,1-4H3,(H,26,27,31)(H2,25,30,32,33). The van der Waals surface area contributed by atoms with Crippen LogP contribution in [-0.2, 0) is 31.0 Å². The van der Waals surface area contributed by atoms with Gasteiger partial charge in [0.15, 0.2) is 55.5 Å². The van der Waals surface area contributed by atoms with Crippen LogP contribution in [0.2, 0.25) is 0 Å². The number of β-amino-alcohol motifs (C(OH)–C–C–N with tert-alkyl or cyclic N) is 1. The Labute approximate surface area is 863 Å². The van der Waals surface area contributed by atoms with Crippen LogP contribution in [0.3, 0.4) is 0 Å². The van der Waals surface area contributed by atoms with Crippen LogP contribution in [0.1, 0.15) is 106 Å². The fraction of sp³-hybridized carbons (Fsp3) is 0.347. The van der Waals surface area contributed by atoms with Crippen LogP contribution in [0.4, 0.5) is 51.3 Å². The van der Waals surface area contributed by atoms with Crippen molar-refractivity contribution in [1.29, 1.82) is 0 Å². The molecule has 147 heavy (non-hydrogen) atoms. The monoisotopic (exact) mass is 2070 g/mol. The number of aliphatic hydroxyl groups excluding tert-OH is 1. The molecule has 18 rings (SSSR count). The molecule has 13 N–H and O–H groups in total. The Kier molecular flexibility index (Phi) is 35.9. The van der Waals surface area contributed by atoms with Crippen molar-refractivity contribution in [2.75, 3.05) is 164 Å². The number of aliphatic hydroxyl groups is 4. The number of thiazole rings is 4. The summed E-state index contributed by atoms with van der Waals surface area (Å²) in [5, 5.41) is 68.5. The zero-order valence-electron chi connectivity index (χ0n) is 83.5. The number of hydrogen-bond donors (Lipinski definition) is 13. The van der Waals surface area contributed by atoms with Gasteiger partial charge in [0.25, 0.3) is 0 Å². The molecular weight excluding hydrogens is 1950 g/mol. The van der Waals surface area contributed by atoms with E-state index in [-0.39, 0.29) is 24.1 Å². The minimum atomic E-state index is -1.15. The average molecular weight is 2070 g/mol. The average Bonchev–Trinajstić information content (AvgIpc) is 1.70. The van der Waals surface area contributed by atoms with E-state index < -0.39 is 22.9 Å². The van der Waals surface area contributed by atoms with Crippen LogP contribution in [0.15, 0.2) is 165 Å². The van der Waals surface area contributed by atoms with Crippen LogP contribution < -0.4 is 57.5 Å². The molecule has 14 heterocycles. The molecule has 0 bridgehead atoms. The van der Waals surface area contributed by atoms with E-state index in [9.17, 15) is 39.6 Å². The maximum absolute atomic E-state index is 12.2. The summed E-state index contributed by atoms with van der Waals surface area (Å²) in [4.78, 5) is 137. The lowest BCUT2D eigenvalue weighted by molar-refractivity contribution is 0.0126. The molecule has 0 radical (unpaired) electrons. The van der Waals surface area contributed by atoms with Gasteiger partial charge in [0.1, 0.15) is 46.9 Å². The van der Waals surface area contributed by atoms with Gasteiger partial charge in [-0.25, -0.2) is 98.9 Å². The summed E-state index contributed by atoms with van der Waals surface area (Å²) in [6.07, 6.45) is 19.6. The zero-order valence-corrected chi connectivity index (χ0v) is 86.7. The maximum atomic E-state index is 12.2. The van der Waals surface area contributed by atoms with Gasteiger partial charge in [-0.05, 0) is 177 Å². The van der Waals surface area contributed by atoms with E-state index in [1.54, 1.807) is 142 Å². The molecule has 2 saturated heterocycles. The first-order valence-electron chi connectivity index (χ1n) is 47.7. The Morgan fingerprint density at radius 2 is 0.803 bits per heavy atom. The smallest absolute Gasteiger partial charge is 0.321 e. The van der Waals surface area contributed by atoms with E-state index in [1.165, 1.54) is 45.3 Å². The second kappa shape index (κ2) is 49.5. The normalized spacial score (nSPS) is 13.2. The number of amides is 8. The fourth-order valence-corrected chi connectivity index (χ4v) is 19.1. The number of carbonyl (C=O) groups is 4. The number of morpholine rings is 1. The van der Waals surface area contributed by atoms with Crippen LogP contribution >= 0.6 is 45.3 Å². The number of benzene rings is 4. The van der Waals surface area contributed by atoms with E-state index in [4.69, 9.17) is 23.9 Å². The summed E-state index contributed by atoms with van der Waals surface area (Å²) in [6.45, 7) is 31.8. The van der Waals surface area contributed by atoms with Gasteiger partial charge < -0.3 is 75.8 Å². The number of rotatable bonds is 32. The number of anilines is 6. The summed E-state index contributed by atoms with van der Waals surface area (Å²) in [6, 6.07) is 27.6. The molecule has 0 saturated carbocycles. The lowest BCUT2D eigenvalue weighted by atomic mass is 10.0. The summed E-state index contributed by atoms with van der Waals surface area (Å²) in [5.41, 5.74) is 10.6. The number of nitrogens with zero attached hydrogens (tertiary/aromatic N) is 21. The number of hydrogen-bond acceptors (Lipinski definition) is 38. The minimum Gasteiger partial charge on any atom is -0.491 e. The van der Waals surface area contributed by atoms with Crippen LogP contribution in [0, 0.1) is 0 Å². The third kappa shape index (κ3) is 28.2. The number of pyridine rings is 2. The second-order valence-corrected chi connectivity index (χ2v) is 39.1. The van der Waals surface area contributed by atoms with Gasteiger partial charge in [0, 0.05) is 218 Å². The number of piperazine rings is 1. The van der Waals surface area contributed by atoms with Crippen LogP contribution in [-0.4, -0.2) is 276 Å². The van der Waals surface area contributed by atoms with Crippen molar-refractivity contribution in [3.63, 3.8) is 0 Å². The fourth-order valence-electron chi connectivity index (χ4n) is 15.3. The molecule has 4 aromatic carbocycles. The lowest BCUT2D eigenvalue weighted by Gasteiger charge is -2.34. The summed E-state index contributed by atoms with van der Waals surface area (Å²) in [5.74, 6) is 4.69. The molecule has 1 atom stereocenters. The van der Waals surface area contributed by atoms with Crippen molar-refractivity contribution < 1.29 is 58.6 Å². The minimum absolute atomic E-state index is 0.296. The molecule has 2 aliphatic rings. The Morgan fingerprint density at radius 3 is 1.21 bits per heavy atom. The van der Waals surface area contributed by atoms with Crippen molar-refractivity contribution in [3.05, 3.63) is 189 Å². The molecule has 1 unspecified atom stereocenters. The van der Waals surface area contributed by atoms with E-state index in [2.05, 4.69) is 154 Å². The van der Waals surface area contributed by atoms with Gasteiger partial charge in [0.2, 0.25) is 0 Å². The van der Waals surface area contributed by atoms with Gasteiger partial charge >= 0.3 is 24.1 Å². The lowest BCUT2D eigenvalue weighted by Crippen LogP contribution is -2.46. The second-order valence-electron chi connectivity index (χ2n) is 35.1. The highest BCUT2D eigenvalue weighted by Gasteiger charge is 2.29. The molecule has 2 fully saturated rings. The molecule has 0 aliphatic carbocycles. The van der Waals surface area contributed by atoms with Gasteiger partial charge in [-0.1, -0.05) is 58.3 Å². The Balaban J connectivity index is 0.000000147. The van der Waals surface area contributed by atoms with E-state index in [0.29, 0.717) is 162 Å². The predicted octanol–water partition coefficient (Wildman–Crippen LogP) is 14.9. The molecule has 42 nitrogen and oxygen atoms in total. The number of fused-ring (bicyclic) bond motifs is 4. The third-order valence-corrected chi connectivity index (χ3v) is 26.7. The summed E-state index contributed by atoms with van der Waals surface area (Å²) < 4.78 is 24.8. The summed E-state index contributed by atoms with van der Waals surface area (Å²) >= 11 is 5.48. The Morgan fingerprint density at radius 1 is 0.408 bits per heavy atom. The van der Waals surface area contributed by atoms with Crippen molar-refractivity contribution in [2.45, 2.75) is 99.1 Å². The van der Waals surface area contributed by atoms with Gasteiger partial charge in [-0.2, -0.15) is 0 Å². The molecule has 16 aromatic rings. The van der Waals surface area contributed by atoms with Crippen molar-refractivity contribution >= 4 is 143 Å². The first-order chi connectivity index (χ1) is 70.9. The number of carbonyl (C=O) groups excluding carboxylic acids is 4. The number of aromatic nitrogens is 18. The van der Waals surface area contributed by atoms with Gasteiger partial charge in [-0.3, -0.25) is 36.1 Å². The highest BCUT2D eigenvalue weighted by atomic mass is 32.1. The Hall–Kier alpha value is -14.7. The van der Waals surface area contributed by atoms with Crippen LogP contribution in [0.25, 0.3) is 131 Å². The summed E-state index contributed by atoms with van der Waals surface area (Å²) in [7, 11) is 3.26. The Bertz CT molecular complexity index is 6970. The molecular formula is C101H116N30O12S4. The molecule has 8 amide bonds. The highest BCUT2D eigenvalue weighted by molar-refractivity contribution is 7.24. The van der Waals surface area contributed by atoms with Crippen molar-refractivity contribution in [2.24, 2.45) is 0 Å². The quantitative estimate of drug-likeness (QED) is 0.0174. The number of ether oxygens (including phenoxy) is 4. The topological polar surface area (TPSA) is 536 Å². The molecule has 12 aromatic heterocycles. The van der Waals surface area contributed by atoms with E-state index >= 15 is 0 Å². The molecule has 766 valence electrons. The number of methoxy groups -OCH3 is 2. The third-order valence-electron chi connectivity index (χ3n) is 22.7. The molecule has 0 spiro atoms. The van der Waals surface area contributed by atoms with E-state index in [1.807, 2.05) is 107 Å². The van der Waals surface area contributed by atoms with Crippen molar-refractivity contribution in [3.8, 4) is 95.5 Å². The predicted molar refractivity (Wildman–Crippen MR) is 572 cm³/mol. The molecule has 46 heteroatoms. The van der Waals surface area contributed by atoms with Crippen LogP contribution in [0.5, 0.6) is 5.75 Å².